The van der Waals surface area contributed by atoms with Crippen molar-refractivity contribution < 1.29 is 37.9 Å². The molecule has 0 bridgehead atoms. The van der Waals surface area contributed by atoms with Crippen LogP contribution in [-0.2, 0) is 18.9 Å². The molecule has 1 unspecified atom stereocenters. The van der Waals surface area contributed by atoms with Gasteiger partial charge in [-0.1, -0.05) is 42.5 Å². The second-order valence-corrected chi connectivity index (χ2v) is 14.5. The van der Waals surface area contributed by atoms with Crippen LogP contribution in [0.25, 0.3) is 21.5 Å². The van der Waals surface area contributed by atoms with E-state index in [-0.39, 0.29) is 35.5 Å². The molecule has 3 aromatic carbocycles. The van der Waals surface area contributed by atoms with Crippen molar-refractivity contribution in [3.63, 3.8) is 0 Å². The summed E-state index contributed by atoms with van der Waals surface area (Å²) in [6.07, 6.45) is 3.60. The molecule has 4 atom stereocenters. The van der Waals surface area contributed by atoms with Crippen LogP contribution in [0.4, 0.5) is 10.2 Å². The molecular formula is C35H37FN5O7P. The number of hydrogen-bond donors (Lipinski definition) is 3. The Morgan fingerprint density at radius 2 is 1.67 bits per heavy atom. The van der Waals surface area contributed by atoms with Gasteiger partial charge in [0.15, 0.2) is 0 Å². The molecule has 3 N–H and O–H groups in total. The van der Waals surface area contributed by atoms with Crippen LogP contribution < -0.4 is 10.2 Å². The number of morpholine rings is 1. The van der Waals surface area contributed by atoms with Crippen LogP contribution in [0, 0.1) is 0 Å². The maximum absolute atomic E-state index is 14.5. The summed E-state index contributed by atoms with van der Waals surface area (Å²) in [4.78, 5) is 70.9. The van der Waals surface area contributed by atoms with Crippen LogP contribution in [0.15, 0.2) is 72.9 Å². The topological polar surface area (TPSA) is 153 Å². The van der Waals surface area contributed by atoms with Crippen molar-refractivity contribution in [3.8, 4) is 0 Å². The summed E-state index contributed by atoms with van der Waals surface area (Å²) < 4.78 is 31.5. The Balaban J connectivity index is 1.20. The highest BCUT2D eigenvalue weighted by Crippen LogP contribution is 2.53. The zero-order valence-corrected chi connectivity index (χ0v) is 27.5. The van der Waals surface area contributed by atoms with Gasteiger partial charge in [-0.3, -0.25) is 18.9 Å². The molecule has 0 saturated carbocycles. The normalized spacial score (nSPS) is 22.5. The van der Waals surface area contributed by atoms with Gasteiger partial charge in [0.25, 0.3) is 5.91 Å². The molecule has 4 aromatic rings. The number of carbonyl (C=O) groups is 3. The van der Waals surface area contributed by atoms with Crippen molar-refractivity contribution >= 4 is 52.7 Å². The fourth-order valence-electron chi connectivity index (χ4n) is 7.16. The van der Waals surface area contributed by atoms with Gasteiger partial charge in [0, 0.05) is 49.4 Å². The average Bonchev–Trinajstić information content (AvgIpc) is 3.53. The van der Waals surface area contributed by atoms with E-state index >= 15 is 0 Å². The molecule has 3 amide bonds. The van der Waals surface area contributed by atoms with Crippen molar-refractivity contribution in [2.75, 3.05) is 44.3 Å². The molecule has 256 valence electrons. The van der Waals surface area contributed by atoms with E-state index in [2.05, 4.69) is 5.32 Å². The number of nitrogens with one attached hydrogen (secondary N) is 1. The molecule has 0 radical (unpaired) electrons. The van der Waals surface area contributed by atoms with Crippen molar-refractivity contribution in [2.45, 2.75) is 43.3 Å². The molecule has 3 fully saturated rings. The number of alkyl halides is 1. The fourth-order valence-corrected chi connectivity index (χ4v) is 7.71. The van der Waals surface area contributed by atoms with E-state index < -0.39 is 31.5 Å². The van der Waals surface area contributed by atoms with Gasteiger partial charge in [0.2, 0.25) is 17.7 Å². The van der Waals surface area contributed by atoms with E-state index in [1.54, 1.807) is 28.1 Å². The lowest BCUT2D eigenvalue weighted by atomic mass is 10.0. The Morgan fingerprint density at radius 1 is 0.918 bits per heavy atom. The number of pyridine rings is 1. The maximum atomic E-state index is 14.5. The summed E-state index contributed by atoms with van der Waals surface area (Å²) in [6.45, 7) is 2.48. The zero-order valence-electron chi connectivity index (χ0n) is 26.7. The predicted octanol–water partition coefficient (Wildman–Crippen LogP) is 3.76. The Hall–Kier alpha value is -4.42. The van der Waals surface area contributed by atoms with Crippen LogP contribution in [0.5, 0.6) is 0 Å². The molecule has 14 heteroatoms. The van der Waals surface area contributed by atoms with Gasteiger partial charge in [-0.05, 0) is 65.3 Å². The molecule has 0 aliphatic carbocycles. The average molecular weight is 690 g/mol. The first-order chi connectivity index (χ1) is 23.6. The zero-order chi connectivity index (χ0) is 34.3. The van der Waals surface area contributed by atoms with Gasteiger partial charge in [0.05, 0.1) is 13.2 Å². The SMILES string of the molecule is O=C(N[C@H]1CN(c2cc3ccccc3cn2)CC[C@H]2CC[C@@H](C(=O)N3CCOCC3)N2C1=O)c1ccc2ccc(C(F)P(=O)(O)O)cc2c1. The van der Waals surface area contributed by atoms with E-state index in [9.17, 15) is 33.1 Å². The number of hydrogen-bond acceptors (Lipinski definition) is 7. The van der Waals surface area contributed by atoms with Crippen LogP contribution in [0.2, 0.25) is 0 Å². The van der Waals surface area contributed by atoms with E-state index in [1.165, 1.54) is 24.3 Å². The van der Waals surface area contributed by atoms with Crippen molar-refractivity contribution in [3.05, 3.63) is 84.1 Å². The number of fused-ring (bicyclic) bond motifs is 3. The first kappa shape index (κ1) is 33.1. The number of anilines is 1. The van der Waals surface area contributed by atoms with E-state index in [1.807, 2.05) is 35.2 Å². The van der Waals surface area contributed by atoms with Gasteiger partial charge in [-0.2, -0.15) is 0 Å². The number of rotatable bonds is 6. The maximum Gasteiger partial charge on any atom is 0.363 e. The second kappa shape index (κ2) is 13.5. The first-order valence-corrected chi connectivity index (χ1v) is 18.1. The minimum atomic E-state index is -5.03. The van der Waals surface area contributed by atoms with Gasteiger partial charge in [-0.15, -0.1) is 0 Å². The molecule has 49 heavy (non-hydrogen) atoms. The molecule has 1 aromatic heterocycles. The third-order valence-electron chi connectivity index (χ3n) is 9.74. The van der Waals surface area contributed by atoms with E-state index in [0.717, 1.165) is 10.8 Å². The highest BCUT2D eigenvalue weighted by molar-refractivity contribution is 7.51. The molecule has 3 aliphatic rings. The molecule has 4 heterocycles. The fraction of sp³-hybridized carbons (Fsp3) is 0.371. The summed E-state index contributed by atoms with van der Waals surface area (Å²) in [5, 5.41) is 5.93. The van der Waals surface area contributed by atoms with E-state index in [0.29, 0.717) is 68.7 Å². The molecule has 3 saturated heterocycles. The number of ether oxygens (including phenoxy) is 1. The number of amides is 3. The summed E-state index contributed by atoms with van der Waals surface area (Å²) in [5.41, 5.74) is -0.0245. The first-order valence-electron chi connectivity index (χ1n) is 16.4. The van der Waals surface area contributed by atoms with Crippen molar-refractivity contribution in [1.29, 1.82) is 0 Å². The Morgan fingerprint density at radius 3 is 2.45 bits per heavy atom. The summed E-state index contributed by atoms with van der Waals surface area (Å²) >= 11 is 0. The Labute approximate surface area is 282 Å². The minimum absolute atomic E-state index is 0.107. The lowest BCUT2D eigenvalue weighted by molar-refractivity contribution is -0.149. The van der Waals surface area contributed by atoms with Crippen LogP contribution >= 0.6 is 7.60 Å². The van der Waals surface area contributed by atoms with Gasteiger partial charge in [-0.25, -0.2) is 9.37 Å². The second-order valence-electron chi connectivity index (χ2n) is 12.8. The summed E-state index contributed by atoms with van der Waals surface area (Å²) in [5.74, 6) is -2.85. The quantitative estimate of drug-likeness (QED) is 0.257. The highest BCUT2D eigenvalue weighted by atomic mass is 31.2. The molecule has 0 spiro atoms. The molecule has 12 nitrogen and oxygen atoms in total. The van der Waals surface area contributed by atoms with Gasteiger partial charge < -0.3 is 34.5 Å². The van der Waals surface area contributed by atoms with Crippen molar-refractivity contribution in [1.82, 2.24) is 20.1 Å². The number of halogens is 1. The smallest absolute Gasteiger partial charge is 0.363 e. The number of aromatic nitrogens is 1. The minimum Gasteiger partial charge on any atom is -0.378 e. The third kappa shape index (κ3) is 6.76. The van der Waals surface area contributed by atoms with Crippen LogP contribution in [-0.4, -0.2) is 99.8 Å². The third-order valence-corrected chi connectivity index (χ3v) is 10.6. The standard InChI is InChI=1S/C35H37FN5O7P/c36-32(49(45,46)47)24-7-5-22-6-8-25(18-27(22)17-24)33(42)38-29-21-40(31-19-23-3-1-2-4-26(23)20-37-31)12-11-28-9-10-30(41(28)34(29)43)35(44)39-13-15-48-16-14-39/h1-8,17-20,28-30,32H,9-16,21H2,(H,38,42)(H2,45,46,47)/t28-,29+,30+,32?/m1/s1. The van der Waals surface area contributed by atoms with E-state index in [4.69, 9.17) is 9.72 Å². The van der Waals surface area contributed by atoms with Gasteiger partial charge in [0.1, 0.15) is 17.9 Å². The molecule has 3 aliphatic heterocycles. The summed E-state index contributed by atoms with van der Waals surface area (Å²) in [7, 11) is -5.03. The van der Waals surface area contributed by atoms with Crippen LogP contribution in [0.1, 0.15) is 41.1 Å². The Bertz CT molecular complexity index is 1970. The number of carbonyl (C=O) groups excluding carboxylic acids is 3. The number of nitrogens with zero attached hydrogens (tertiary/aromatic N) is 4. The number of benzene rings is 3. The predicted molar refractivity (Wildman–Crippen MR) is 181 cm³/mol. The molecule has 7 rings (SSSR count). The lowest BCUT2D eigenvalue weighted by Crippen LogP contribution is -2.61. The molecular weight excluding hydrogens is 652 g/mol. The van der Waals surface area contributed by atoms with Crippen LogP contribution in [0.3, 0.4) is 0 Å². The monoisotopic (exact) mass is 689 g/mol. The largest absolute Gasteiger partial charge is 0.378 e. The highest BCUT2D eigenvalue weighted by Gasteiger charge is 2.46. The summed E-state index contributed by atoms with van der Waals surface area (Å²) in [6, 6.07) is 16.8. The van der Waals surface area contributed by atoms with Gasteiger partial charge >= 0.3 is 7.60 Å². The Kier molecular flexibility index (Phi) is 9.10. The lowest BCUT2D eigenvalue weighted by Gasteiger charge is -2.40. The van der Waals surface area contributed by atoms with Crippen molar-refractivity contribution in [2.24, 2.45) is 0 Å².